The maximum absolute atomic E-state index is 12.6. The minimum absolute atomic E-state index is 0.141. The number of benzene rings is 3. The average molecular weight is 445 g/mol. The van der Waals surface area contributed by atoms with Crippen LogP contribution in [-0.2, 0) is 27.3 Å². The van der Waals surface area contributed by atoms with Gasteiger partial charge in [0, 0.05) is 29.4 Å². The van der Waals surface area contributed by atoms with Gasteiger partial charge in [-0.25, -0.2) is 0 Å². The molecule has 5 rings (SSSR count). The van der Waals surface area contributed by atoms with Gasteiger partial charge in [0.1, 0.15) is 0 Å². The van der Waals surface area contributed by atoms with E-state index in [-0.39, 0.29) is 24.9 Å². The van der Waals surface area contributed by atoms with Crippen LogP contribution in [0.2, 0.25) is 0 Å². The minimum atomic E-state index is -0.357. The lowest BCUT2D eigenvalue weighted by Crippen LogP contribution is -2.38. The molecule has 162 valence electrons. The topological polar surface area (TPSA) is 49.9 Å². The second-order valence-corrected chi connectivity index (χ2v) is 9.02. The number of fused-ring (bicyclic) bond motifs is 3. The Morgan fingerprint density at radius 2 is 1.47 bits per heavy atom. The molecule has 0 fully saturated rings. The van der Waals surface area contributed by atoms with Crippen molar-refractivity contribution in [3.8, 4) is 0 Å². The van der Waals surface area contributed by atoms with Crippen molar-refractivity contribution in [2.75, 3.05) is 24.6 Å². The molecule has 0 unspecified atom stereocenters. The smallest absolute Gasteiger partial charge is 0.308 e. The van der Waals surface area contributed by atoms with Crippen molar-refractivity contribution in [1.82, 2.24) is 4.90 Å². The third-order valence-corrected chi connectivity index (χ3v) is 7.04. The summed E-state index contributed by atoms with van der Waals surface area (Å²) in [7, 11) is 0. The predicted molar refractivity (Wildman–Crippen MR) is 125 cm³/mol. The van der Waals surface area contributed by atoms with Crippen LogP contribution in [0.3, 0.4) is 0 Å². The highest BCUT2D eigenvalue weighted by Gasteiger charge is 2.24. The van der Waals surface area contributed by atoms with E-state index in [1.165, 1.54) is 20.9 Å². The third-order valence-electron chi connectivity index (χ3n) is 5.91. The highest BCUT2D eigenvalue weighted by atomic mass is 32.2. The van der Waals surface area contributed by atoms with Crippen LogP contribution in [0.5, 0.6) is 0 Å². The van der Waals surface area contributed by atoms with E-state index in [9.17, 15) is 9.59 Å². The monoisotopic (exact) mass is 444 g/mol. The normalized spacial score (nSPS) is 14.2. The number of rotatable bonds is 5. The predicted octanol–water partition coefficient (Wildman–Crippen LogP) is 4.81. The second-order valence-electron chi connectivity index (χ2n) is 7.93. The third kappa shape index (κ3) is 4.23. The molecular weight excluding hydrogens is 420 g/mol. The fourth-order valence-corrected chi connectivity index (χ4v) is 5.34. The first-order valence-electron chi connectivity index (χ1n) is 10.8. The Hall–Kier alpha value is -3.25. The van der Waals surface area contributed by atoms with Crippen molar-refractivity contribution in [3.05, 3.63) is 83.9 Å². The van der Waals surface area contributed by atoms with Gasteiger partial charge in [0.05, 0.1) is 17.8 Å². The lowest BCUT2D eigenvalue weighted by Gasteiger charge is -2.32. The molecule has 2 aliphatic rings. The number of hydrogen-bond acceptors (Lipinski definition) is 5. The maximum Gasteiger partial charge on any atom is 0.308 e. The minimum Gasteiger partial charge on any atom is -0.456 e. The molecule has 5 nitrogen and oxygen atoms in total. The standard InChI is InChI=1S/C26H24N2O3S/c29-25(27-15-13-19-7-1-2-8-20(19)17-27)18-31-26(30)14-16-28-21-9-3-5-11-23(21)32-24-12-6-4-10-22(24)28/h1-12H,13-18H2. The lowest BCUT2D eigenvalue weighted by molar-refractivity contribution is -0.152. The van der Waals surface area contributed by atoms with Crippen LogP contribution in [0.15, 0.2) is 82.6 Å². The molecule has 3 aromatic carbocycles. The molecule has 0 aromatic heterocycles. The van der Waals surface area contributed by atoms with E-state index in [0.717, 1.165) is 17.8 Å². The zero-order valence-electron chi connectivity index (χ0n) is 17.7. The molecule has 0 saturated heterocycles. The maximum atomic E-state index is 12.6. The molecule has 3 aromatic rings. The Kier molecular flexibility index (Phi) is 5.86. The molecule has 0 saturated carbocycles. The summed E-state index contributed by atoms with van der Waals surface area (Å²) in [6.07, 6.45) is 1.05. The van der Waals surface area contributed by atoms with Crippen LogP contribution < -0.4 is 4.90 Å². The molecule has 6 heteroatoms. The van der Waals surface area contributed by atoms with Crippen molar-refractivity contribution in [1.29, 1.82) is 0 Å². The summed E-state index contributed by atoms with van der Waals surface area (Å²) in [5, 5.41) is 0. The van der Waals surface area contributed by atoms with Crippen molar-refractivity contribution < 1.29 is 14.3 Å². The first kappa shape index (κ1) is 20.6. The average Bonchev–Trinajstić information content (AvgIpc) is 2.84. The molecule has 1 amide bonds. The Morgan fingerprint density at radius 3 is 2.19 bits per heavy atom. The van der Waals surface area contributed by atoms with Gasteiger partial charge in [0.15, 0.2) is 6.61 Å². The fraction of sp³-hybridized carbons (Fsp3) is 0.231. The number of anilines is 2. The highest BCUT2D eigenvalue weighted by Crippen LogP contribution is 2.47. The molecule has 0 atom stereocenters. The Bertz CT molecular complexity index is 1120. The zero-order valence-corrected chi connectivity index (χ0v) is 18.5. The van der Waals surface area contributed by atoms with Gasteiger partial charge in [-0.15, -0.1) is 0 Å². The Morgan fingerprint density at radius 1 is 0.844 bits per heavy atom. The van der Waals surface area contributed by atoms with Crippen molar-refractivity contribution >= 4 is 35.0 Å². The SMILES string of the molecule is O=C(CCN1c2ccccc2Sc2ccccc21)OCC(=O)N1CCc2ccccc2C1. The molecule has 2 heterocycles. The summed E-state index contributed by atoms with van der Waals surface area (Å²) in [6.45, 7) is 1.53. The molecular formula is C26H24N2O3S. The van der Waals surface area contributed by atoms with Gasteiger partial charge in [-0.3, -0.25) is 9.59 Å². The first-order chi connectivity index (χ1) is 15.7. The van der Waals surface area contributed by atoms with Crippen molar-refractivity contribution in [3.63, 3.8) is 0 Å². The first-order valence-corrected chi connectivity index (χ1v) is 11.6. The largest absolute Gasteiger partial charge is 0.456 e. The van der Waals surface area contributed by atoms with Crippen molar-refractivity contribution in [2.45, 2.75) is 29.2 Å². The molecule has 0 spiro atoms. The molecule has 0 radical (unpaired) electrons. The van der Waals surface area contributed by atoms with E-state index in [1.807, 2.05) is 42.5 Å². The van der Waals surface area contributed by atoms with Gasteiger partial charge in [-0.2, -0.15) is 0 Å². The van der Waals surface area contributed by atoms with Crippen LogP contribution >= 0.6 is 11.8 Å². The lowest BCUT2D eigenvalue weighted by atomic mass is 10.00. The summed E-state index contributed by atoms with van der Waals surface area (Å²) < 4.78 is 5.35. The molecule has 2 aliphatic heterocycles. The summed E-state index contributed by atoms with van der Waals surface area (Å²) in [6, 6.07) is 24.6. The summed E-state index contributed by atoms with van der Waals surface area (Å²) in [5.74, 6) is -0.498. The summed E-state index contributed by atoms with van der Waals surface area (Å²) >= 11 is 1.74. The highest BCUT2D eigenvalue weighted by molar-refractivity contribution is 7.99. The second kappa shape index (κ2) is 9.09. The Labute approximate surface area is 192 Å². The summed E-state index contributed by atoms with van der Waals surface area (Å²) in [4.78, 5) is 31.3. The molecule has 0 N–H and O–H groups in total. The number of carbonyl (C=O) groups is 2. The fourth-order valence-electron chi connectivity index (χ4n) is 4.24. The number of hydrogen-bond donors (Lipinski definition) is 0. The number of nitrogens with zero attached hydrogens (tertiary/aromatic N) is 2. The van der Waals surface area contributed by atoms with E-state index < -0.39 is 0 Å². The zero-order chi connectivity index (χ0) is 21.9. The van der Waals surface area contributed by atoms with Crippen LogP contribution in [-0.4, -0.2) is 36.5 Å². The summed E-state index contributed by atoms with van der Waals surface area (Å²) in [5.41, 5.74) is 4.63. The van der Waals surface area contributed by atoms with E-state index in [4.69, 9.17) is 4.74 Å². The van der Waals surface area contributed by atoms with Crippen LogP contribution in [0, 0.1) is 0 Å². The van der Waals surface area contributed by atoms with Crippen LogP contribution in [0.1, 0.15) is 17.5 Å². The van der Waals surface area contributed by atoms with Gasteiger partial charge in [0.2, 0.25) is 0 Å². The van der Waals surface area contributed by atoms with Gasteiger partial charge in [0.25, 0.3) is 5.91 Å². The van der Waals surface area contributed by atoms with Gasteiger partial charge >= 0.3 is 5.97 Å². The van der Waals surface area contributed by atoms with Crippen LogP contribution in [0.4, 0.5) is 11.4 Å². The number of ether oxygens (including phenoxy) is 1. The quantitative estimate of drug-likeness (QED) is 0.529. The van der Waals surface area contributed by atoms with E-state index in [2.05, 4.69) is 35.2 Å². The van der Waals surface area contributed by atoms with Crippen molar-refractivity contribution in [2.24, 2.45) is 0 Å². The molecule has 0 bridgehead atoms. The number of carbonyl (C=O) groups excluding carboxylic acids is 2. The number of esters is 1. The van der Waals surface area contributed by atoms with Gasteiger partial charge in [-0.1, -0.05) is 60.3 Å². The van der Waals surface area contributed by atoms with Gasteiger partial charge in [-0.05, 0) is 41.8 Å². The molecule has 0 aliphatic carbocycles. The van der Waals surface area contributed by atoms with Crippen LogP contribution in [0.25, 0.3) is 0 Å². The van der Waals surface area contributed by atoms with E-state index in [0.29, 0.717) is 19.6 Å². The number of amides is 1. The molecule has 32 heavy (non-hydrogen) atoms. The van der Waals surface area contributed by atoms with Gasteiger partial charge < -0.3 is 14.5 Å². The number of para-hydroxylation sites is 2. The van der Waals surface area contributed by atoms with E-state index in [1.54, 1.807) is 16.7 Å². The van der Waals surface area contributed by atoms with E-state index >= 15 is 0 Å². The Balaban J connectivity index is 1.18.